The Morgan fingerprint density at radius 2 is 0.513 bits per heavy atom. The Labute approximate surface area is 446 Å². The molecule has 1 atom stereocenters. The zero-order valence-corrected chi connectivity index (χ0v) is 41.1. The Balaban J connectivity index is -0.0000000615. The van der Waals surface area contributed by atoms with E-state index < -0.39 is 139 Å². The highest BCUT2D eigenvalue weighted by molar-refractivity contribution is 6.47. The maximum atomic E-state index is 11.3. The summed E-state index contributed by atoms with van der Waals surface area (Å²) in [6, 6.07) is 0. The van der Waals surface area contributed by atoms with Crippen molar-refractivity contribution in [2.75, 3.05) is 26.7 Å². The number of halogens is 54. The van der Waals surface area contributed by atoms with E-state index in [4.69, 9.17) is 0 Å². The lowest BCUT2D eigenvalue weighted by molar-refractivity contribution is -0.320. The maximum absolute atomic E-state index is 11.3. The number of alkyl halides is 54. The summed E-state index contributed by atoms with van der Waals surface area (Å²) in [6.45, 7) is -11.9. The van der Waals surface area contributed by atoms with Crippen LogP contribution in [0.2, 0.25) is 0 Å². The number of hydrogen-bond donors (Lipinski definition) is 0. The Hall–Kier alpha value is -0.540. The lowest BCUT2D eigenvalue weighted by atomic mass is 10.3. The third-order valence-electron chi connectivity index (χ3n) is 2.93. The van der Waals surface area contributed by atoms with Crippen molar-refractivity contribution in [1.82, 2.24) is 0 Å². The monoisotopic (exact) mass is 1480 g/mol. The smallest absolute Gasteiger partial charge is 0.245 e. The van der Waals surface area contributed by atoms with Crippen LogP contribution < -0.4 is 0 Å². The Bertz CT molecular complexity index is 1160. The molecule has 0 saturated heterocycles. The van der Waals surface area contributed by atoms with Crippen molar-refractivity contribution < 1.29 is 198 Å². The molecule has 0 aromatic rings. The van der Waals surface area contributed by atoms with Gasteiger partial charge in [-0.15, -0.1) is 0 Å². The Morgan fingerprint density at radius 3 is 0.513 bits per heavy atom. The van der Waals surface area contributed by atoms with Gasteiger partial charge in [-0.25, -0.2) is 61.5 Å². The van der Waals surface area contributed by atoms with E-state index in [9.17, 15) is 198 Å². The first-order chi connectivity index (χ1) is 33.0. The van der Waals surface area contributed by atoms with Crippen molar-refractivity contribution in [3.8, 4) is 0 Å². The molecule has 0 aromatic carbocycles. The second-order valence-corrected chi connectivity index (χ2v) is 14.6. The van der Waals surface area contributed by atoms with Crippen molar-refractivity contribution in [3.63, 3.8) is 0 Å². The van der Waals surface area contributed by atoms with Crippen LogP contribution in [-0.4, -0.2) is 139 Å². The molecule has 1 unspecified atom stereocenters. The van der Waals surface area contributed by atoms with Gasteiger partial charge in [0.2, 0.25) is 5.09 Å². The van der Waals surface area contributed by atoms with E-state index in [1.54, 1.807) is 0 Å². The van der Waals surface area contributed by atoms with Crippen LogP contribution in [0.5, 0.6) is 0 Å². The molecule has 492 valence electrons. The fraction of sp³-hybridized carbons (Fsp3) is 1.00. The summed E-state index contributed by atoms with van der Waals surface area (Å²) in [7, 11) is 0. The first-order valence-corrected chi connectivity index (χ1v) is 18.5. The first kappa shape index (κ1) is 106. The Kier molecular flexibility index (Phi) is 63.4. The van der Waals surface area contributed by atoms with Gasteiger partial charge in [0.1, 0.15) is 0 Å². The van der Waals surface area contributed by atoms with Crippen molar-refractivity contribution >= 4 is 104 Å². The average molecular weight is 1480 g/mol. The van der Waals surface area contributed by atoms with E-state index >= 15 is 0 Å². The van der Waals surface area contributed by atoms with Crippen molar-refractivity contribution in [2.45, 2.75) is 119 Å². The molecule has 0 rings (SSSR count). The van der Waals surface area contributed by atoms with Gasteiger partial charge in [-0.1, -0.05) is 92.8 Å². The lowest BCUT2D eigenvalue weighted by Crippen LogP contribution is -2.42. The molecule has 0 spiro atoms. The van der Waals surface area contributed by atoms with Crippen LogP contribution >= 0.6 is 104 Å². The molecule has 0 aliphatic rings. The molecule has 0 amide bonds. The molecule has 0 aliphatic carbocycles. The standard InChI is InChI=1S/C3HF7.C3H2F6.C3H3F5.C2HCl2F3.C2H2Cl2F2.C2HClF4.C2H2ClF3.C2HF5.C2H2F4.CHCl2F.CHClF2.CHF3/c4-1(5)2(6,7)3(8,9)10;4-1-2(5,6)3(7,8)9;1-2(4,5)3(6,7)8;3-2(4,7)1(5)6;3-2(4,6)1-5;3-1(4)2(5,6)7;3-2(5,6)1-4;3-1(4)2(5,6)7;3-1-2(4,5)6;3*2-1(3)4/h1H;1H2;1H3;1H;1H2;1H;1H2;1H;1H2;3*1H. The highest BCUT2D eigenvalue weighted by Crippen LogP contribution is 2.40. The summed E-state index contributed by atoms with van der Waals surface area (Å²) in [4.78, 5) is 0. The molecule has 0 aliphatic heterocycles. The van der Waals surface area contributed by atoms with Gasteiger partial charge in [-0.05, 0) is 11.6 Å². The van der Waals surface area contributed by atoms with Gasteiger partial charge in [0, 0.05) is 6.92 Å². The average Bonchev–Trinajstić information content (AvgIpc) is 3.12. The summed E-state index contributed by atoms with van der Waals surface area (Å²) in [5, 5.41) is -5.38. The summed E-state index contributed by atoms with van der Waals surface area (Å²) in [5.41, 5.74) is -3.23. The van der Waals surface area contributed by atoms with E-state index in [1.807, 2.05) is 0 Å². The van der Waals surface area contributed by atoms with Crippen LogP contribution in [0.25, 0.3) is 0 Å². The molecule has 78 heavy (non-hydrogen) atoms. The number of hydrogen-bond acceptors (Lipinski definition) is 0. The molecule has 0 heterocycles. The van der Waals surface area contributed by atoms with Crippen LogP contribution in [0.1, 0.15) is 6.92 Å². The molecule has 0 bridgehead atoms. The van der Waals surface area contributed by atoms with Crippen LogP contribution in [0.4, 0.5) is 198 Å². The second kappa shape index (κ2) is 46.8. The minimum Gasteiger partial charge on any atom is -0.245 e. The van der Waals surface area contributed by atoms with Crippen LogP contribution in [0.15, 0.2) is 0 Å². The molecule has 0 aromatic heterocycles. The van der Waals surface area contributed by atoms with Crippen LogP contribution in [0.3, 0.4) is 0 Å². The predicted octanol–water partition coefficient (Wildman–Crippen LogP) is 22.8. The first-order valence-electron chi connectivity index (χ1n) is 14.8. The lowest BCUT2D eigenvalue weighted by Gasteiger charge is -2.17. The largest absolute Gasteiger partial charge is 0.459 e. The molecule has 0 fully saturated rings. The van der Waals surface area contributed by atoms with Gasteiger partial charge in [0.15, 0.2) is 26.7 Å². The fourth-order valence-corrected chi connectivity index (χ4v) is 0.199. The second-order valence-electron chi connectivity index (χ2n) is 9.66. The molecule has 54 heteroatoms. The highest BCUT2D eigenvalue weighted by atomic mass is 35.5. The zero-order valence-electron chi connectivity index (χ0n) is 34.3. The minimum atomic E-state index is -6.17. The third kappa shape index (κ3) is 107. The number of rotatable bonds is 5. The van der Waals surface area contributed by atoms with Gasteiger partial charge < -0.3 is 0 Å². The summed E-state index contributed by atoms with van der Waals surface area (Å²) >= 11 is 38.0. The van der Waals surface area contributed by atoms with Crippen LogP contribution in [0, 0.1) is 0 Å². The summed E-state index contributed by atoms with van der Waals surface area (Å²) < 4.78 is 475. The SMILES string of the molecule is CC(F)(F)C(F)(F)F.FC(Cl)C(F)(F)F.FC(Cl)Cl.FC(F)C(F)(Cl)Cl.FC(F)C(F)(F)C(F)(F)F.FC(F)C(F)(F)F.FC(F)Cl.FC(F)F.FCC(F)(Cl)Cl.FCC(F)(F)C(F)(F)F.FCC(F)(F)Cl.FCC(F)(F)F. The van der Waals surface area contributed by atoms with Crippen LogP contribution in [-0.2, 0) is 0 Å². The van der Waals surface area contributed by atoms with Crippen molar-refractivity contribution in [2.24, 2.45) is 0 Å². The molecule has 0 radical (unpaired) electrons. The maximum Gasteiger partial charge on any atom is 0.459 e. The van der Waals surface area contributed by atoms with Gasteiger partial charge in [0.25, 0.3) is 16.6 Å². The Morgan fingerprint density at radius 1 is 0.346 bits per heavy atom. The van der Waals surface area contributed by atoms with E-state index in [-0.39, 0.29) is 6.92 Å². The zero-order chi connectivity index (χ0) is 67.9. The predicted molar refractivity (Wildman–Crippen MR) is 187 cm³/mol. The molecular formula is C24H18Cl9F45. The molecule has 0 N–H and O–H groups in total. The van der Waals surface area contributed by atoms with Crippen molar-refractivity contribution in [1.29, 1.82) is 0 Å². The van der Waals surface area contributed by atoms with Gasteiger partial charge >= 0.3 is 90.2 Å². The fourth-order valence-electron chi connectivity index (χ4n) is 0.199. The topological polar surface area (TPSA) is 0 Å². The third-order valence-corrected chi connectivity index (χ3v) is 3.81. The van der Waals surface area contributed by atoms with E-state index in [0.29, 0.717) is 0 Å². The molecular weight excluding hydrogens is 1460 g/mol. The molecule has 0 nitrogen and oxygen atoms in total. The van der Waals surface area contributed by atoms with E-state index in [1.165, 1.54) is 0 Å². The minimum absolute atomic E-state index is 0.188. The normalized spacial score (nSPS) is 12.9. The van der Waals surface area contributed by atoms with E-state index in [0.717, 1.165) is 0 Å². The summed E-state index contributed by atoms with van der Waals surface area (Å²) in [5.74, 6) is -18.3. The summed E-state index contributed by atoms with van der Waals surface area (Å²) in [6.07, 6.45) is -44.4. The van der Waals surface area contributed by atoms with Crippen molar-refractivity contribution in [3.05, 3.63) is 0 Å². The molecule has 0 saturated carbocycles. The van der Waals surface area contributed by atoms with E-state index in [2.05, 4.69) is 104 Å². The van der Waals surface area contributed by atoms with Gasteiger partial charge in [0.05, 0.1) is 0 Å². The van der Waals surface area contributed by atoms with Gasteiger partial charge in [-0.3, -0.25) is 0 Å². The van der Waals surface area contributed by atoms with Gasteiger partial charge in [-0.2, -0.15) is 136 Å². The quantitative estimate of drug-likeness (QED) is 0.190. The highest BCUT2D eigenvalue weighted by Gasteiger charge is 2.64.